The van der Waals surface area contributed by atoms with Crippen LogP contribution in [0.4, 0.5) is 32.3 Å². The van der Waals surface area contributed by atoms with Gasteiger partial charge in [-0.25, -0.2) is 9.97 Å². The third-order valence-electron chi connectivity index (χ3n) is 3.95. The summed E-state index contributed by atoms with van der Waals surface area (Å²) >= 11 is 0. The van der Waals surface area contributed by atoms with Crippen LogP contribution < -0.4 is 15.0 Å². The van der Waals surface area contributed by atoms with E-state index in [1.165, 1.54) is 17.0 Å². The summed E-state index contributed by atoms with van der Waals surface area (Å²) in [6.45, 7) is 4.00. The minimum atomic E-state index is -4.88. The minimum Gasteiger partial charge on any atom is -0.406 e. The summed E-state index contributed by atoms with van der Waals surface area (Å²) in [5.41, 5.74) is -1.77. The topological polar surface area (TPSA) is 67.4 Å². The smallest absolute Gasteiger partial charge is 0.406 e. The first-order chi connectivity index (χ1) is 13.9. The highest BCUT2D eigenvalue weighted by atomic mass is 19.4. The van der Waals surface area contributed by atoms with E-state index in [1.807, 2.05) is 0 Å². The molecule has 1 aromatic heterocycles. The highest BCUT2D eigenvalue weighted by molar-refractivity contribution is 5.95. The lowest BCUT2D eigenvalue weighted by molar-refractivity contribution is -0.274. The van der Waals surface area contributed by atoms with E-state index in [4.69, 9.17) is 0 Å². The van der Waals surface area contributed by atoms with E-state index in [-0.39, 0.29) is 12.5 Å². The number of ether oxygens (including phenoxy) is 1. The number of nitrogens with one attached hydrogen (secondary N) is 1. The quantitative estimate of drug-likeness (QED) is 0.660. The number of amides is 1. The molecule has 6 nitrogen and oxygen atoms in total. The summed E-state index contributed by atoms with van der Waals surface area (Å²) in [4.78, 5) is 21.1. The van der Waals surface area contributed by atoms with Crippen LogP contribution in [0.1, 0.15) is 35.5 Å². The average Bonchev–Trinajstić information content (AvgIpc) is 2.66. The molecule has 0 aliphatic heterocycles. The zero-order valence-corrected chi connectivity index (χ0v) is 15.9. The van der Waals surface area contributed by atoms with Crippen molar-refractivity contribution in [1.29, 1.82) is 0 Å². The molecule has 1 amide bonds. The summed E-state index contributed by atoms with van der Waals surface area (Å²) < 4.78 is 80.4. The fraction of sp³-hybridized carbons (Fsp3) is 0.389. The number of halogens is 6. The van der Waals surface area contributed by atoms with E-state index in [1.54, 1.807) is 13.8 Å². The van der Waals surface area contributed by atoms with Gasteiger partial charge >= 0.3 is 12.5 Å². The van der Waals surface area contributed by atoms with E-state index in [0.717, 1.165) is 18.3 Å². The number of hydrogen-bond donors (Lipinski definition) is 1. The molecule has 12 heteroatoms. The highest BCUT2D eigenvalue weighted by Crippen LogP contribution is 2.31. The van der Waals surface area contributed by atoms with Crippen LogP contribution in [0.25, 0.3) is 0 Å². The second kappa shape index (κ2) is 9.18. The van der Waals surface area contributed by atoms with Gasteiger partial charge in [-0.3, -0.25) is 4.79 Å². The molecule has 0 unspecified atom stereocenters. The predicted molar refractivity (Wildman–Crippen MR) is 94.9 cm³/mol. The molecule has 0 spiro atoms. The van der Waals surface area contributed by atoms with Crippen LogP contribution in [0.15, 0.2) is 30.5 Å². The standard InChI is InChI=1S/C18H18F6N4O2/c1-3-28(4-2)16-26-10-13(14(27-16)17(19,20)21)15(29)25-9-11-5-7-12(8-6-11)30-18(22,23)24/h5-8,10H,3-4,9H2,1-2H3,(H,25,29). The van der Waals surface area contributed by atoms with E-state index >= 15 is 0 Å². The first-order valence-corrected chi connectivity index (χ1v) is 8.76. The lowest BCUT2D eigenvalue weighted by atomic mass is 10.2. The van der Waals surface area contributed by atoms with Gasteiger partial charge in [0, 0.05) is 25.8 Å². The first-order valence-electron chi connectivity index (χ1n) is 8.76. The number of aromatic nitrogens is 2. The van der Waals surface area contributed by atoms with Gasteiger partial charge < -0.3 is 15.0 Å². The molecule has 1 heterocycles. The van der Waals surface area contributed by atoms with Crippen molar-refractivity contribution in [2.75, 3.05) is 18.0 Å². The molecular formula is C18H18F6N4O2. The maximum Gasteiger partial charge on any atom is 0.573 e. The third-order valence-corrected chi connectivity index (χ3v) is 3.95. The fourth-order valence-electron chi connectivity index (χ4n) is 2.50. The summed E-state index contributed by atoms with van der Waals surface area (Å²) in [7, 11) is 0. The zero-order valence-electron chi connectivity index (χ0n) is 15.9. The van der Waals surface area contributed by atoms with Crippen molar-refractivity contribution < 1.29 is 35.9 Å². The minimum absolute atomic E-state index is 0.149. The van der Waals surface area contributed by atoms with Gasteiger partial charge in [-0.2, -0.15) is 13.2 Å². The Hall–Kier alpha value is -3.05. The normalized spacial score (nSPS) is 11.9. The van der Waals surface area contributed by atoms with E-state index in [9.17, 15) is 31.1 Å². The molecule has 0 bridgehead atoms. The highest BCUT2D eigenvalue weighted by Gasteiger charge is 2.38. The van der Waals surface area contributed by atoms with Crippen molar-refractivity contribution in [3.05, 3.63) is 47.3 Å². The molecule has 0 aliphatic rings. The van der Waals surface area contributed by atoms with Crippen molar-refractivity contribution in [2.45, 2.75) is 32.9 Å². The number of benzene rings is 1. The van der Waals surface area contributed by atoms with E-state index in [0.29, 0.717) is 18.7 Å². The van der Waals surface area contributed by atoms with Crippen LogP contribution in [-0.4, -0.2) is 35.3 Å². The average molecular weight is 436 g/mol. The van der Waals surface area contributed by atoms with Gasteiger partial charge in [-0.15, -0.1) is 13.2 Å². The van der Waals surface area contributed by atoms with Crippen molar-refractivity contribution in [2.24, 2.45) is 0 Å². The molecule has 30 heavy (non-hydrogen) atoms. The molecule has 1 aromatic carbocycles. The number of alkyl halides is 6. The van der Waals surface area contributed by atoms with Gasteiger partial charge in [0.15, 0.2) is 5.69 Å². The Morgan fingerprint density at radius 3 is 2.17 bits per heavy atom. The molecule has 0 atom stereocenters. The predicted octanol–water partition coefficient (Wildman–Crippen LogP) is 4.17. The van der Waals surface area contributed by atoms with Crippen molar-refractivity contribution in [3.63, 3.8) is 0 Å². The lowest BCUT2D eigenvalue weighted by Crippen LogP contribution is -2.30. The van der Waals surface area contributed by atoms with Gasteiger partial charge in [-0.1, -0.05) is 12.1 Å². The maximum absolute atomic E-state index is 13.4. The molecule has 0 radical (unpaired) electrons. The van der Waals surface area contributed by atoms with E-state index < -0.39 is 35.5 Å². The number of carbonyl (C=O) groups excluding carboxylic acids is 1. The molecule has 1 N–H and O–H groups in total. The lowest BCUT2D eigenvalue weighted by Gasteiger charge is -2.20. The molecule has 164 valence electrons. The Morgan fingerprint density at radius 1 is 1.07 bits per heavy atom. The van der Waals surface area contributed by atoms with Crippen LogP contribution in [-0.2, 0) is 12.7 Å². The maximum atomic E-state index is 13.4. The molecule has 0 saturated carbocycles. The molecule has 0 fully saturated rings. The van der Waals surface area contributed by atoms with Crippen molar-refractivity contribution >= 4 is 11.9 Å². The van der Waals surface area contributed by atoms with Crippen molar-refractivity contribution in [3.8, 4) is 5.75 Å². The van der Waals surface area contributed by atoms with Gasteiger partial charge in [0.2, 0.25) is 5.95 Å². The second-order valence-corrected chi connectivity index (χ2v) is 5.98. The van der Waals surface area contributed by atoms with Gasteiger partial charge in [0.05, 0.1) is 5.56 Å². The fourth-order valence-corrected chi connectivity index (χ4v) is 2.50. The summed E-state index contributed by atoms with van der Waals surface area (Å²) in [6, 6.07) is 4.54. The number of anilines is 1. The Morgan fingerprint density at radius 2 is 1.67 bits per heavy atom. The largest absolute Gasteiger partial charge is 0.573 e. The van der Waals surface area contributed by atoms with Crippen molar-refractivity contribution in [1.82, 2.24) is 15.3 Å². The van der Waals surface area contributed by atoms with Gasteiger partial charge in [-0.05, 0) is 31.5 Å². The van der Waals surface area contributed by atoms with Crippen LogP contribution in [0.3, 0.4) is 0 Å². The monoisotopic (exact) mass is 436 g/mol. The summed E-state index contributed by atoms with van der Waals surface area (Å²) in [5.74, 6) is -1.68. The van der Waals surface area contributed by atoms with Crippen LogP contribution in [0.5, 0.6) is 5.75 Å². The van der Waals surface area contributed by atoms with Gasteiger partial charge in [0.1, 0.15) is 5.75 Å². The molecule has 0 aliphatic carbocycles. The molecular weight excluding hydrogens is 418 g/mol. The Kier molecular flexibility index (Phi) is 7.11. The van der Waals surface area contributed by atoms with E-state index in [2.05, 4.69) is 20.0 Å². The summed E-state index contributed by atoms with van der Waals surface area (Å²) in [6.07, 6.45) is -8.92. The number of rotatable bonds is 7. The molecule has 2 aromatic rings. The number of hydrogen-bond acceptors (Lipinski definition) is 5. The molecule has 2 rings (SSSR count). The SMILES string of the molecule is CCN(CC)c1ncc(C(=O)NCc2ccc(OC(F)(F)F)cc2)c(C(F)(F)F)n1. The number of nitrogens with zero attached hydrogens (tertiary/aromatic N) is 3. The van der Waals surface area contributed by atoms with Crippen LogP contribution in [0.2, 0.25) is 0 Å². The van der Waals surface area contributed by atoms with Crippen LogP contribution >= 0.6 is 0 Å². The zero-order chi connectivity index (χ0) is 22.5. The van der Waals surface area contributed by atoms with Gasteiger partial charge in [0.25, 0.3) is 5.91 Å². The Bertz CT molecular complexity index is 864. The Labute approximate surface area is 167 Å². The second-order valence-electron chi connectivity index (χ2n) is 5.98. The van der Waals surface area contributed by atoms with Crippen LogP contribution in [0, 0.1) is 0 Å². The third kappa shape index (κ3) is 6.22. The molecule has 0 saturated heterocycles. The number of carbonyl (C=O) groups is 1. The summed E-state index contributed by atoms with van der Waals surface area (Å²) in [5, 5.41) is 2.28. The first kappa shape index (κ1) is 23.2. The Balaban J connectivity index is 2.16.